The Kier molecular flexibility index (Phi) is 3.16. The summed E-state index contributed by atoms with van der Waals surface area (Å²) in [7, 11) is 0. The fourth-order valence-electron chi connectivity index (χ4n) is 1.79. The van der Waals surface area contributed by atoms with Crippen molar-refractivity contribution in [2.45, 2.75) is 0 Å². The molecule has 0 saturated carbocycles. The number of carboxylic acid groups (broad SMARTS) is 1. The van der Waals surface area contributed by atoms with Gasteiger partial charge in [-0.25, -0.2) is 4.39 Å². The number of halogens is 1. The molecule has 2 rings (SSSR count). The summed E-state index contributed by atoms with van der Waals surface area (Å²) < 4.78 is 13.2. The minimum Gasteiger partial charge on any atom is -0.481 e. The number of carbonyl (C=O) groups is 2. The molecule has 1 N–H and O–H groups in total. The van der Waals surface area contributed by atoms with Gasteiger partial charge >= 0.3 is 5.97 Å². The van der Waals surface area contributed by atoms with Crippen molar-refractivity contribution in [2.75, 3.05) is 13.1 Å². The van der Waals surface area contributed by atoms with Gasteiger partial charge in [0, 0.05) is 24.7 Å². The minimum absolute atomic E-state index is 0.0263. The van der Waals surface area contributed by atoms with Crippen LogP contribution in [0.3, 0.4) is 0 Å². The van der Waals surface area contributed by atoms with Gasteiger partial charge in [0.1, 0.15) is 5.82 Å². The minimum atomic E-state index is -1.01. The highest BCUT2D eigenvalue weighted by molar-refractivity contribution is 5.96. The number of amides is 1. The summed E-state index contributed by atoms with van der Waals surface area (Å²) in [5.41, 5.74) is -0.672. The van der Waals surface area contributed by atoms with Crippen molar-refractivity contribution in [1.29, 1.82) is 0 Å². The Bertz CT molecular complexity index is 568. The lowest BCUT2D eigenvalue weighted by molar-refractivity contribution is -0.385. The molecule has 1 amide bonds. The van der Waals surface area contributed by atoms with Gasteiger partial charge in [0.15, 0.2) is 0 Å². The highest BCUT2D eigenvalue weighted by atomic mass is 19.1. The highest BCUT2D eigenvalue weighted by Crippen LogP contribution is 2.22. The first-order chi connectivity index (χ1) is 8.88. The van der Waals surface area contributed by atoms with Crippen molar-refractivity contribution in [3.8, 4) is 0 Å². The maximum absolute atomic E-state index is 13.2. The van der Waals surface area contributed by atoms with E-state index < -0.39 is 34.2 Å². The van der Waals surface area contributed by atoms with Crippen LogP contribution in [0, 0.1) is 21.8 Å². The number of rotatable bonds is 3. The van der Waals surface area contributed by atoms with Crippen molar-refractivity contribution in [2.24, 2.45) is 5.92 Å². The highest BCUT2D eigenvalue weighted by Gasteiger charge is 2.36. The molecule has 7 nitrogen and oxygen atoms in total. The van der Waals surface area contributed by atoms with Crippen LogP contribution in [0.4, 0.5) is 10.1 Å². The predicted octanol–water partition coefficient (Wildman–Crippen LogP) is 0.891. The number of nitrogens with zero attached hydrogens (tertiary/aromatic N) is 2. The third kappa shape index (κ3) is 2.51. The first-order valence-electron chi connectivity index (χ1n) is 5.35. The molecule has 8 heteroatoms. The van der Waals surface area contributed by atoms with Crippen LogP contribution in [0.1, 0.15) is 10.4 Å². The van der Waals surface area contributed by atoms with E-state index >= 15 is 0 Å². The topological polar surface area (TPSA) is 101 Å². The molecule has 0 atom stereocenters. The first-order valence-corrected chi connectivity index (χ1v) is 5.35. The SMILES string of the molecule is O=C(O)C1CN(C(=O)c2cc(F)cc([N+](=O)[O-])c2)C1. The number of aliphatic carboxylic acids is 1. The van der Waals surface area contributed by atoms with Crippen molar-refractivity contribution >= 4 is 17.6 Å². The number of non-ortho nitro benzene ring substituents is 1. The Morgan fingerprint density at radius 3 is 2.53 bits per heavy atom. The third-order valence-electron chi connectivity index (χ3n) is 2.86. The molecule has 1 aromatic rings. The number of hydrogen-bond donors (Lipinski definition) is 1. The molecule has 0 bridgehead atoms. The van der Waals surface area contributed by atoms with Crippen LogP contribution in [0.2, 0.25) is 0 Å². The zero-order valence-corrected chi connectivity index (χ0v) is 9.58. The molecular weight excluding hydrogens is 259 g/mol. The molecule has 1 heterocycles. The summed E-state index contributed by atoms with van der Waals surface area (Å²) in [6.45, 7) is 0.0525. The van der Waals surface area contributed by atoms with Crippen LogP contribution in [0.5, 0.6) is 0 Å². The Balaban J connectivity index is 2.16. The summed E-state index contributed by atoms with van der Waals surface area (Å²) in [6.07, 6.45) is 0. The molecule has 1 aromatic carbocycles. The number of carboxylic acids is 1. The number of hydrogen-bond acceptors (Lipinski definition) is 4. The zero-order valence-electron chi connectivity index (χ0n) is 9.58. The van der Waals surface area contributed by atoms with Gasteiger partial charge in [-0.3, -0.25) is 19.7 Å². The lowest BCUT2D eigenvalue weighted by atomic mass is 9.99. The fourth-order valence-corrected chi connectivity index (χ4v) is 1.79. The van der Waals surface area contributed by atoms with Gasteiger partial charge < -0.3 is 10.0 Å². The molecule has 0 aromatic heterocycles. The van der Waals surface area contributed by atoms with Crippen LogP contribution in [0.15, 0.2) is 18.2 Å². The van der Waals surface area contributed by atoms with E-state index in [1.54, 1.807) is 0 Å². The average Bonchev–Trinajstić information content (AvgIpc) is 2.25. The lowest BCUT2D eigenvalue weighted by Gasteiger charge is -2.36. The summed E-state index contributed by atoms with van der Waals surface area (Å²) in [6, 6.07) is 2.58. The summed E-state index contributed by atoms with van der Waals surface area (Å²) in [5.74, 6) is -3.13. The normalized spacial score (nSPS) is 14.9. The first kappa shape index (κ1) is 12.9. The summed E-state index contributed by atoms with van der Waals surface area (Å²) in [4.78, 5) is 33.4. The molecule has 1 aliphatic heterocycles. The molecule has 0 unspecified atom stereocenters. The number of nitro benzene ring substituents is 1. The van der Waals surface area contributed by atoms with Gasteiger partial charge in [0.25, 0.3) is 11.6 Å². The second-order valence-corrected chi connectivity index (χ2v) is 4.20. The van der Waals surface area contributed by atoms with Gasteiger partial charge in [-0.2, -0.15) is 0 Å². The van der Waals surface area contributed by atoms with Crippen molar-refractivity contribution in [1.82, 2.24) is 4.90 Å². The average molecular weight is 268 g/mol. The predicted molar refractivity (Wildman–Crippen MR) is 60.1 cm³/mol. The zero-order chi connectivity index (χ0) is 14.2. The van der Waals surface area contributed by atoms with Crippen LogP contribution < -0.4 is 0 Å². The largest absolute Gasteiger partial charge is 0.481 e. The van der Waals surface area contributed by atoms with E-state index in [-0.39, 0.29) is 18.7 Å². The number of carbonyl (C=O) groups excluding carboxylic acids is 1. The van der Waals surface area contributed by atoms with Crippen molar-refractivity contribution in [3.05, 3.63) is 39.7 Å². The van der Waals surface area contributed by atoms with Crippen LogP contribution in [-0.4, -0.2) is 39.9 Å². The second kappa shape index (κ2) is 4.63. The van der Waals surface area contributed by atoms with Gasteiger partial charge in [0.2, 0.25) is 0 Å². The molecule has 1 fully saturated rings. The molecule has 1 aliphatic rings. The maximum atomic E-state index is 13.2. The Morgan fingerprint density at radius 2 is 2.00 bits per heavy atom. The molecule has 0 spiro atoms. The smallest absolute Gasteiger partial charge is 0.310 e. The Hall–Kier alpha value is -2.51. The standard InChI is InChI=1S/C11H9FN2O5/c12-8-1-6(2-9(3-8)14(18)19)10(15)13-4-7(5-13)11(16)17/h1-3,7H,4-5H2,(H,16,17). The van der Waals surface area contributed by atoms with Crippen molar-refractivity contribution in [3.63, 3.8) is 0 Å². The van der Waals surface area contributed by atoms with E-state index in [2.05, 4.69) is 0 Å². The monoisotopic (exact) mass is 268 g/mol. The van der Waals surface area contributed by atoms with E-state index in [0.717, 1.165) is 12.1 Å². The van der Waals surface area contributed by atoms with Gasteiger partial charge in [-0.05, 0) is 6.07 Å². The van der Waals surface area contributed by atoms with Gasteiger partial charge in [-0.15, -0.1) is 0 Å². The number of benzene rings is 1. The summed E-state index contributed by atoms with van der Waals surface area (Å²) in [5, 5.41) is 19.2. The molecule has 100 valence electrons. The molecule has 0 aliphatic carbocycles. The number of likely N-dealkylation sites (tertiary alicyclic amines) is 1. The van der Waals surface area contributed by atoms with E-state index in [9.17, 15) is 24.1 Å². The van der Waals surface area contributed by atoms with Gasteiger partial charge in [-0.1, -0.05) is 0 Å². The molecule has 19 heavy (non-hydrogen) atoms. The van der Waals surface area contributed by atoms with E-state index in [0.29, 0.717) is 6.07 Å². The summed E-state index contributed by atoms with van der Waals surface area (Å²) >= 11 is 0. The molecular formula is C11H9FN2O5. The second-order valence-electron chi connectivity index (χ2n) is 4.20. The van der Waals surface area contributed by atoms with Crippen LogP contribution in [-0.2, 0) is 4.79 Å². The van der Waals surface area contributed by atoms with E-state index in [1.165, 1.54) is 4.90 Å². The quantitative estimate of drug-likeness (QED) is 0.648. The maximum Gasteiger partial charge on any atom is 0.310 e. The van der Waals surface area contributed by atoms with Crippen molar-refractivity contribution < 1.29 is 24.0 Å². The fraction of sp³-hybridized carbons (Fsp3) is 0.273. The van der Waals surface area contributed by atoms with E-state index in [1.807, 2.05) is 0 Å². The van der Waals surface area contributed by atoms with E-state index in [4.69, 9.17) is 5.11 Å². The van der Waals surface area contributed by atoms with Crippen LogP contribution >= 0.6 is 0 Å². The third-order valence-corrected chi connectivity index (χ3v) is 2.86. The van der Waals surface area contributed by atoms with Gasteiger partial charge in [0.05, 0.1) is 16.9 Å². The Labute approximate surface area is 106 Å². The molecule has 1 saturated heterocycles. The lowest BCUT2D eigenvalue weighted by Crippen LogP contribution is -2.53. The van der Waals surface area contributed by atoms with Crippen LogP contribution in [0.25, 0.3) is 0 Å². The Morgan fingerprint density at radius 1 is 1.37 bits per heavy atom. The number of nitro groups is 1. The molecule has 0 radical (unpaired) electrons.